The lowest BCUT2D eigenvalue weighted by atomic mass is 10.0. The molecule has 1 N–H and O–H groups in total. The minimum absolute atomic E-state index is 0.225. The predicted molar refractivity (Wildman–Crippen MR) is 96.7 cm³/mol. The number of hydrogen-bond acceptors (Lipinski definition) is 5. The van der Waals surface area contributed by atoms with Crippen molar-refractivity contribution in [3.8, 4) is 5.75 Å². The van der Waals surface area contributed by atoms with Gasteiger partial charge in [0.1, 0.15) is 11.3 Å². The van der Waals surface area contributed by atoms with Crippen molar-refractivity contribution in [2.24, 2.45) is 0 Å². The molecule has 1 aliphatic heterocycles. The lowest BCUT2D eigenvalue weighted by Crippen LogP contribution is -2.37. The highest BCUT2D eigenvalue weighted by atomic mass is 35.5. The van der Waals surface area contributed by atoms with E-state index >= 15 is 0 Å². The topological polar surface area (TPSA) is 88.8 Å². The van der Waals surface area contributed by atoms with Crippen molar-refractivity contribution in [3.63, 3.8) is 0 Å². The lowest BCUT2D eigenvalue weighted by molar-refractivity contribution is -0.129. The second kappa shape index (κ2) is 7.78. The highest BCUT2D eigenvalue weighted by molar-refractivity contribution is 6.32. The summed E-state index contributed by atoms with van der Waals surface area (Å²) in [7, 11) is 0. The zero-order chi connectivity index (χ0) is 18.7. The van der Waals surface area contributed by atoms with Gasteiger partial charge in [0.2, 0.25) is 0 Å². The summed E-state index contributed by atoms with van der Waals surface area (Å²) in [6.07, 6.45) is 2.70. The van der Waals surface area contributed by atoms with Gasteiger partial charge in [-0.25, -0.2) is 9.59 Å². The zero-order valence-corrected chi connectivity index (χ0v) is 15.1. The summed E-state index contributed by atoms with van der Waals surface area (Å²) in [6.45, 7) is 2.47. The molecular formula is C18H19ClN2O5. The van der Waals surface area contributed by atoms with Gasteiger partial charge in [0.15, 0.2) is 6.61 Å². The fourth-order valence-electron chi connectivity index (χ4n) is 2.84. The lowest BCUT2D eigenvalue weighted by Gasteiger charge is -2.14. The van der Waals surface area contributed by atoms with Crippen LogP contribution in [-0.2, 0) is 11.2 Å². The van der Waals surface area contributed by atoms with E-state index in [1.54, 1.807) is 6.07 Å². The average molecular weight is 379 g/mol. The molecule has 0 spiro atoms. The summed E-state index contributed by atoms with van der Waals surface area (Å²) in [5.41, 5.74) is 0.785. The highest BCUT2D eigenvalue weighted by Gasteiger charge is 2.26. The normalized spacial score (nSPS) is 13.9. The Morgan fingerprint density at radius 2 is 2.15 bits per heavy atom. The number of unbranched alkanes of at least 4 members (excludes halogenated alkanes) is 1. The highest BCUT2D eigenvalue weighted by Crippen LogP contribution is 2.31. The third-order valence-corrected chi connectivity index (χ3v) is 4.49. The number of urea groups is 1. The first-order valence-electron chi connectivity index (χ1n) is 8.47. The van der Waals surface area contributed by atoms with Gasteiger partial charge in [0.05, 0.1) is 5.02 Å². The third-order valence-electron chi connectivity index (χ3n) is 4.19. The van der Waals surface area contributed by atoms with Crippen molar-refractivity contribution in [1.29, 1.82) is 0 Å². The van der Waals surface area contributed by atoms with Crippen LogP contribution in [0.3, 0.4) is 0 Å². The Kier molecular flexibility index (Phi) is 5.46. The number of hydrogen-bond donors (Lipinski definition) is 1. The van der Waals surface area contributed by atoms with E-state index in [9.17, 15) is 14.4 Å². The number of aryl methyl sites for hydroxylation is 1. The Balaban J connectivity index is 1.83. The molecule has 1 aromatic carbocycles. The largest absolute Gasteiger partial charge is 0.482 e. The van der Waals surface area contributed by atoms with E-state index in [0.29, 0.717) is 23.7 Å². The average Bonchev–Trinajstić information content (AvgIpc) is 3.04. The van der Waals surface area contributed by atoms with Crippen molar-refractivity contribution >= 4 is 34.5 Å². The Hall–Kier alpha value is -2.54. The van der Waals surface area contributed by atoms with Crippen LogP contribution in [0, 0.1) is 0 Å². The molecule has 1 fully saturated rings. The van der Waals surface area contributed by atoms with E-state index < -0.39 is 17.6 Å². The van der Waals surface area contributed by atoms with Gasteiger partial charge in [-0.2, -0.15) is 0 Å². The molecule has 1 saturated heterocycles. The van der Waals surface area contributed by atoms with Gasteiger partial charge in [-0.15, -0.1) is 0 Å². The van der Waals surface area contributed by atoms with E-state index in [-0.39, 0.29) is 12.4 Å². The van der Waals surface area contributed by atoms with Crippen molar-refractivity contribution < 1.29 is 18.7 Å². The standard InChI is InChI=1S/C18H19ClN2O5/c1-2-3-4-11-7-17(23)26-14-9-15(13(19)8-12(11)14)25-10-16(22)21-6-5-20-18(21)24/h7-9H,2-6,10H2,1H3,(H,20,24). The Morgan fingerprint density at radius 1 is 1.35 bits per heavy atom. The first kappa shape index (κ1) is 18.3. The van der Waals surface area contributed by atoms with Crippen LogP contribution < -0.4 is 15.7 Å². The molecule has 7 nitrogen and oxygen atoms in total. The van der Waals surface area contributed by atoms with Crippen LogP contribution >= 0.6 is 11.6 Å². The zero-order valence-electron chi connectivity index (χ0n) is 14.3. The Morgan fingerprint density at radius 3 is 2.85 bits per heavy atom. The minimum atomic E-state index is -0.464. The van der Waals surface area contributed by atoms with Crippen LogP contribution in [0.25, 0.3) is 11.0 Å². The quantitative estimate of drug-likeness (QED) is 0.781. The number of imide groups is 1. The molecule has 0 atom stereocenters. The molecule has 2 aromatic rings. The van der Waals surface area contributed by atoms with Gasteiger partial charge in [-0.05, 0) is 24.5 Å². The number of nitrogens with one attached hydrogen (secondary N) is 1. The van der Waals surface area contributed by atoms with E-state index in [4.69, 9.17) is 20.8 Å². The molecule has 2 heterocycles. The fraction of sp³-hybridized carbons (Fsp3) is 0.389. The molecular weight excluding hydrogens is 360 g/mol. The smallest absolute Gasteiger partial charge is 0.336 e. The summed E-state index contributed by atoms with van der Waals surface area (Å²) >= 11 is 6.27. The van der Waals surface area contributed by atoms with Gasteiger partial charge in [0.25, 0.3) is 5.91 Å². The monoisotopic (exact) mass is 378 g/mol. The second-order valence-corrected chi connectivity index (χ2v) is 6.45. The molecule has 138 valence electrons. The predicted octanol–water partition coefficient (Wildman–Crippen LogP) is 2.72. The van der Waals surface area contributed by atoms with Crippen LogP contribution in [0.2, 0.25) is 5.02 Å². The van der Waals surface area contributed by atoms with E-state index in [1.165, 1.54) is 12.1 Å². The number of halogens is 1. The van der Waals surface area contributed by atoms with Crippen LogP contribution in [0.5, 0.6) is 5.75 Å². The molecule has 0 aliphatic carbocycles. The second-order valence-electron chi connectivity index (χ2n) is 6.04. The molecule has 0 unspecified atom stereocenters. The fourth-order valence-corrected chi connectivity index (χ4v) is 3.06. The maximum Gasteiger partial charge on any atom is 0.336 e. The molecule has 3 amide bonds. The summed E-state index contributed by atoms with van der Waals surface area (Å²) in [4.78, 5) is 36.4. The number of carbonyl (C=O) groups is 2. The van der Waals surface area contributed by atoms with Crippen molar-refractivity contribution in [3.05, 3.63) is 39.2 Å². The summed E-state index contributed by atoms with van der Waals surface area (Å²) in [6, 6.07) is 4.22. The minimum Gasteiger partial charge on any atom is -0.482 e. The van der Waals surface area contributed by atoms with Crippen LogP contribution in [0.1, 0.15) is 25.3 Å². The van der Waals surface area contributed by atoms with Crippen molar-refractivity contribution in [1.82, 2.24) is 10.2 Å². The van der Waals surface area contributed by atoms with E-state index in [2.05, 4.69) is 12.2 Å². The van der Waals surface area contributed by atoms with Crippen LogP contribution in [-0.4, -0.2) is 36.5 Å². The SMILES string of the molecule is CCCCc1cc(=O)oc2cc(OCC(=O)N3CCNC3=O)c(Cl)cc12. The molecule has 3 rings (SSSR count). The number of nitrogens with zero attached hydrogens (tertiary/aromatic N) is 1. The number of fused-ring (bicyclic) bond motifs is 1. The maximum atomic E-state index is 12.1. The molecule has 0 bridgehead atoms. The number of ether oxygens (including phenoxy) is 1. The summed E-state index contributed by atoms with van der Waals surface area (Å²) in [5, 5.41) is 3.61. The van der Waals surface area contributed by atoms with Crippen molar-refractivity contribution in [2.75, 3.05) is 19.7 Å². The molecule has 26 heavy (non-hydrogen) atoms. The first-order valence-corrected chi connectivity index (χ1v) is 8.84. The number of benzene rings is 1. The van der Waals surface area contributed by atoms with E-state index in [1.807, 2.05) is 0 Å². The number of amides is 3. The molecule has 0 radical (unpaired) electrons. The number of rotatable bonds is 6. The van der Waals surface area contributed by atoms with Gasteiger partial charge >= 0.3 is 11.7 Å². The van der Waals surface area contributed by atoms with Gasteiger partial charge in [-0.1, -0.05) is 24.9 Å². The van der Waals surface area contributed by atoms with Gasteiger partial charge in [-0.3, -0.25) is 9.69 Å². The Bertz CT molecular complexity index is 908. The molecule has 1 aliphatic rings. The van der Waals surface area contributed by atoms with Crippen LogP contribution in [0.4, 0.5) is 4.79 Å². The molecule has 1 aromatic heterocycles. The maximum absolute atomic E-state index is 12.1. The third kappa shape index (κ3) is 3.83. The number of carbonyl (C=O) groups excluding carboxylic acids is 2. The first-order chi connectivity index (χ1) is 12.5. The van der Waals surface area contributed by atoms with Crippen molar-refractivity contribution in [2.45, 2.75) is 26.2 Å². The van der Waals surface area contributed by atoms with Gasteiger partial charge < -0.3 is 14.5 Å². The molecule has 0 saturated carbocycles. The van der Waals surface area contributed by atoms with E-state index in [0.717, 1.165) is 35.1 Å². The van der Waals surface area contributed by atoms with Crippen LogP contribution in [0.15, 0.2) is 27.4 Å². The molecule has 8 heteroatoms. The summed E-state index contributed by atoms with van der Waals surface area (Å²) in [5.74, 6) is -0.239. The summed E-state index contributed by atoms with van der Waals surface area (Å²) < 4.78 is 10.7. The van der Waals surface area contributed by atoms with Gasteiger partial charge in [0, 0.05) is 30.6 Å². The Labute approximate surface area is 154 Å².